The summed E-state index contributed by atoms with van der Waals surface area (Å²) < 4.78 is 11.2. The summed E-state index contributed by atoms with van der Waals surface area (Å²) in [6, 6.07) is 0. The van der Waals surface area contributed by atoms with E-state index in [9.17, 15) is 0 Å². The zero-order chi connectivity index (χ0) is 13.2. The molecule has 3 rings (SSSR count). The van der Waals surface area contributed by atoms with E-state index < -0.39 is 0 Å². The Labute approximate surface area is 118 Å². The molecule has 0 aromatic carbocycles. The fourth-order valence-electron chi connectivity index (χ4n) is 2.26. The summed E-state index contributed by atoms with van der Waals surface area (Å²) >= 11 is 6.16. The lowest BCUT2D eigenvalue weighted by molar-refractivity contribution is 0.0488. The van der Waals surface area contributed by atoms with E-state index in [0.29, 0.717) is 29.5 Å². The molecular weight excluding hydrogens is 264 g/mol. The molecular formula is C14H19ClN2O2. The van der Waals surface area contributed by atoms with E-state index in [-0.39, 0.29) is 0 Å². The Bertz CT molecular complexity index is 457. The van der Waals surface area contributed by atoms with Gasteiger partial charge < -0.3 is 9.47 Å². The number of hydrogen-bond donors (Lipinski definition) is 0. The first kappa shape index (κ1) is 13.1. The summed E-state index contributed by atoms with van der Waals surface area (Å²) in [6.07, 6.45) is 4.46. The minimum Gasteiger partial charge on any atom is -0.477 e. The third-order valence-electron chi connectivity index (χ3n) is 3.80. The third-order valence-corrected chi connectivity index (χ3v) is 4.17. The van der Waals surface area contributed by atoms with Gasteiger partial charge in [-0.15, -0.1) is 0 Å². The van der Waals surface area contributed by atoms with Gasteiger partial charge in [0.05, 0.1) is 6.61 Å². The number of hydrogen-bond acceptors (Lipinski definition) is 4. The Morgan fingerprint density at radius 2 is 1.95 bits per heavy atom. The van der Waals surface area contributed by atoms with Gasteiger partial charge in [-0.25, -0.2) is 4.98 Å². The molecule has 1 aliphatic carbocycles. The molecule has 104 valence electrons. The average Bonchev–Trinajstić information content (AvgIpc) is 3.26. The number of aromatic nitrogens is 2. The van der Waals surface area contributed by atoms with Crippen LogP contribution >= 0.6 is 11.6 Å². The predicted molar refractivity (Wildman–Crippen MR) is 72.8 cm³/mol. The zero-order valence-corrected chi connectivity index (χ0v) is 11.9. The maximum absolute atomic E-state index is 6.16. The normalized spacial score (nSPS) is 20.5. The van der Waals surface area contributed by atoms with Crippen molar-refractivity contribution >= 4 is 11.6 Å². The highest BCUT2D eigenvalue weighted by Gasteiger charge is 2.28. The van der Waals surface area contributed by atoms with E-state index in [0.717, 1.165) is 37.4 Å². The summed E-state index contributed by atoms with van der Waals surface area (Å²) in [4.78, 5) is 8.87. The standard InChI is InChI=1S/C14H19ClN2O2/c1-9-12(15)16-13(11-2-3-11)17-14(9)19-8-10-4-6-18-7-5-10/h10-11H,2-8H2,1H3. The van der Waals surface area contributed by atoms with Crippen LogP contribution in [0.3, 0.4) is 0 Å². The Morgan fingerprint density at radius 1 is 1.21 bits per heavy atom. The molecule has 2 heterocycles. The van der Waals surface area contributed by atoms with E-state index >= 15 is 0 Å². The molecule has 0 unspecified atom stereocenters. The van der Waals surface area contributed by atoms with Crippen LogP contribution in [0.4, 0.5) is 0 Å². The summed E-state index contributed by atoms with van der Waals surface area (Å²) in [5.41, 5.74) is 0.845. The molecule has 4 nitrogen and oxygen atoms in total. The van der Waals surface area contributed by atoms with Crippen LogP contribution in [0.25, 0.3) is 0 Å². The summed E-state index contributed by atoms with van der Waals surface area (Å²) in [5, 5.41) is 0.527. The van der Waals surface area contributed by atoms with Crippen molar-refractivity contribution in [3.8, 4) is 5.88 Å². The maximum Gasteiger partial charge on any atom is 0.221 e. The Kier molecular flexibility index (Phi) is 3.89. The van der Waals surface area contributed by atoms with Gasteiger partial charge in [0.2, 0.25) is 5.88 Å². The molecule has 2 aliphatic rings. The first-order valence-electron chi connectivity index (χ1n) is 6.98. The van der Waals surface area contributed by atoms with Gasteiger partial charge in [-0.3, -0.25) is 0 Å². The topological polar surface area (TPSA) is 44.2 Å². The first-order valence-corrected chi connectivity index (χ1v) is 7.36. The van der Waals surface area contributed by atoms with Crippen LogP contribution in [0.2, 0.25) is 5.15 Å². The van der Waals surface area contributed by atoms with Crippen molar-refractivity contribution in [2.24, 2.45) is 5.92 Å². The molecule has 1 aromatic heterocycles. The van der Waals surface area contributed by atoms with Gasteiger partial charge in [-0.2, -0.15) is 4.98 Å². The molecule has 5 heteroatoms. The van der Waals surface area contributed by atoms with Gasteiger partial charge in [-0.1, -0.05) is 11.6 Å². The molecule has 0 N–H and O–H groups in total. The molecule has 1 saturated carbocycles. The van der Waals surface area contributed by atoms with E-state index in [2.05, 4.69) is 9.97 Å². The van der Waals surface area contributed by atoms with Crippen LogP contribution < -0.4 is 4.74 Å². The molecule has 0 spiro atoms. The zero-order valence-electron chi connectivity index (χ0n) is 11.2. The minimum absolute atomic E-state index is 0.489. The van der Waals surface area contributed by atoms with Crippen molar-refractivity contribution in [3.05, 3.63) is 16.5 Å². The molecule has 2 fully saturated rings. The lowest BCUT2D eigenvalue weighted by atomic mass is 10.0. The number of ether oxygens (including phenoxy) is 2. The van der Waals surface area contributed by atoms with Gasteiger partial charge >= 0.3 is 0 Å². The second kappa shape index (κ2) is 5.63. The molecule has 1 aromatic rings. The maximum atomic E-state index is 6.16. The van der Waals surface area contributed by atoms with Crippen LogP contribution in [-0.2, 0) is 4.74 Å². The lowest BCUT2D eigenvalue weighted by Crippen LogP contribution is -2.22. The van der Waals surface area contributed by atoms with E-state index in [1.54, 1.807) is 0 Å². The molecule has 1 aliphatic heterocycles. The monoisotopic (exact) mass is 282 g/mol. The van der Waals surface area contributed by atoms with Crippen molar-refractivity contribution in [3.63, 3.8) is 0 Å². The van der Waals surface area contributed by atoms with Crippen molar-refractivity contribution in [1.82, 2.24) is 9.97 Å². The highest BCUT2D eigenvalue weighted by molar-refractivity contribution is 6.30. The number of rotatable bonds is 4. The van der Waals surface area contributed by atoms with Crippen molar-refractivity contribution < 1.29 is 9.47 Å². The van der Waals surface area contributed by atoms with Crippen LogP contribution in [0.1, 0.15) is 43.0 Å². The van der Waals surface area contributed by atoms with Gasteiger partial charge in [0.25, 0.3) is 0 Å². The highest BCUT2D eigenvalue weighted by Crippen LogP contribution is 2.39. The Balaban J connectivity index is 1.68. The second-order valence-corrected chi connectivity index (χ2v) is 5.80. The van der Waals surface area contributed by atoms with Gasteiger partial charge in [0.1, 0.15) is 11.0 Å². The fraction of sp³-hybridized carbons (Fsp3) is 0.714. The van der Waals surface area contributed by atoms with Crippen molar-refractivity contribution in [2.75, 3.05) is 19.8 Å². The van der Waals surface area contributed by atoms with Gasteiger partial charge in [-0.05, 0) is 38.5 Å². The first-order chi connectivity index (χ1) is 9.24. The van der Waals surface area contributed by atoms with Crippen LogP contribution in [0.15, 0.2) is 0 Å². The third kappa shape index (κ3) is 3.18. The SMILES string of the molecule is Cc1c(Cl)nc(C2CC2)nc1OCC1CCOCC1. The minimum atomic E-state index is 0.489. The van der Waals surface area contributed by atoms with Gasteiger partial charge in [0.15, 0.2) is 0 Å². The summed E-state index contributed by atoms with van der Waals surface area (Å²) in [5.74, 6) is 2.56. The van der Waals surface area contributed by atoms with E-state index in [1.807, 2.05) is 6.92 Å². The van der Waals surface area contributed by atoms with Crippen molar-refractivity contribution in [2.45, 2.75) is 38.5 Å². The van der Waals surface area contributed by atoms with Gasteiger partial charge in [0, 0.05) is 24.7 Å². The smallest absolute Gasteiger partial charge is 0.221 e. The largest absolute Gasteiger partial charge is 0.477 e. The number of nitrogens with zero attached hydrogens (tertiary/aromatic N) is 2. The van der Waals surface area contributed by atoms with Crippen LogP contribution in [0.5, 0.6) is 5.88 Å². The highest BCUT2D eigenvalue weighted by atomic mass is 35.5. The summed E-state index contributed by atoms with van der Waals surface area (Å²) in [6.45, 7) is 4.29. The molecule has 0 amide bonds. The number of halogens is 1. The van der Waals surface area contributed by atoms with Crippen LogP contribution in [-0.4, -0.2) is 29.8 Å². The molecule has 0 atom stereocenters. The fourth-order valence-corrected chi connectivity index (χ4v) is 2.43. The second-order valence-electron chi connectivity index (χ2n) is 5.44. The quantitative estimate of drug-likeness (QED) is 0.796. The van der Waals surface area contributed by atoms with E-state index in [4.69, 9.17) is 21.1 Å². The molecule has 0 radical (unpaired) electrons. The predicted octanol–water partition coefficient (Wildman–Crippen LogP) is 3.12. The van der Waals surface area contributed by atoms with Crippen molar-refractivity contribution in [1.29, 1.82) is 0 Å². The Morgan fingerprint density at radius 3 is 2.63 bits per heavy atom. The molecule has 19 heavy (non-hydrogen) atoms. The summed E-state index contributed by atoms with van der Waals surface area (Å²) in [7, 11) is 0. The Hall–Kier alpha value is -0.870. The average molecular weight is 283 g/mol. The molecule has 0 bridgehead atoms. The lowest BCUT2D eigenvalue weighted by Gasteiger charge is -2.22. The molecule has 1 saturated heterocycles. The van der Waals surface area contributed by atoms with Crippen LogP contribution in [0, 0.1) is 12.8 Å². The van der Waals surface area contributed by atoms with E-state index in [1.165, 1.54) is 12.8 Å².